The van der Waals surface area contributed by atoms with Crippen molar-refractivity contribution in [2.24, 2.45) is 0 Å². The van der Waals surface area contributed by atoms with E-state index in [4.69, 9.17) is 4.74 Å². The first-order chi connectivity index (χ1) is 4.43. The van der Waals surface area contributed by atoms with E-state index in [-0.39, 0.29) is 32.3 Å². The van der Waals surface area contributed by atoms with E-state index in [1.165, 1.54) is 19.3 Å². The maximum absolute atomic E-state index is 9.85. The minimum atomic E-state index is 0. The molecule has 10 heavy (non-hydrogen) atoms. The molecule has 0 radical (unpaired) electrons. The summed E-state index contributed by atoms with van der Waals surface area (Å²) in [5.74, 6) is 0. The fourth-order valence-corrected chi connectivity index (χ4v) is 1.28. The predicted octanol–water partition coefficient (Wildman–Crippen LogP) is 0.308. The third-order valence-electron chi connectivity index (χ3n) is 1.80. The molecule has 0 amide bonds. The summed E-state index contributed by atoms with van der Waals surface area (Å²) in [6, 6.07) is 0. The van der Waals surface area contributed by atoms with E-state index in [9.17, 15) is 4.79 Å². The average Bonchev–Trinajstić information content (AvgIpc) is 1.91. The molecule has 0 saturated heterocycles. The van der Waals surface area contributed by atoms with E-state index in [1.54, 1.807) is 0 Å². The van der Waals surface area contributed by atoms with Crippen molar-refractivity contribution in [1.29, 1.82) is 0 Å². The molecule has 0 aromatic rings. The van der Waals surface area contributed by atoms with Gasteiger partial charge in [0.2, 0.25) is 0 Å². The zero-order valence-corrected chi connectivity index (χ0v) is 11.7. The second kappa shape index (κ2) is 6.09. The Hall–Kier alpha value is 0.353. The van der Waals surface area contributed by atoms with E-state index >= 15 is 0 Å². The molecule has 1 saturated carbocycles. The zero-order chi connectivity index (χ0) is 6.53. The van der Waals surface area contributed by atoms with Crippen molar-refractivity contribution >= 4 is 32.7 Å². The van der Waals surface area contributed by atoms with Crippen LogP contribution in [0.3, 0.4) is 0 Å². The van der Waals surface area contributed by atoms with Crippen LogP contribution in [0.2, 0.25) is 0 Å². The molecule has 0 atom stereocenters. The Labute approximate surface area is 80.4 Å². The summed E-state index contributed by atoms with van der Waals surface area (Å²) < 4.78 is 4.80. The van der Waals surface area contributed by atoms with Crippen molar-refractivity contribution < 1.29 is 9.53 Å². The van der Waals surface area contributed by atoms with Crippen molar-refractivity contribution in [1.82, 2.24) is 0 Å². The van der Waals surface area contributed by atoms with Gasteiger partial charge in [-0.15, -0.1) is 0 Å². The number of hydrogen-bond acceptors (Lipinski definition) is 2. The molecule has 60 valence electrons. The molecule has 1 aliphatic carbocycles. The van der Waals surface area contributed by atoms with Crippen LogP contribution in [0, 0.1) is 0 Å². The van der Waals surface area contributed by atoms with Gasteiger partial charge in [-0.25, -0.2) is 0 Å². The van der Waals surface area contributed by atoms with Crippen LogP contribution in [0.5, 0.6) is 0 Å². The summed E-state index contributed by atoms with van der Waals surface area (Å²) in [6.07, 6.45) is 6.11. The van der Waals surface area contributed by atoms with Crippen LogP contribution in [0.4, 0.5) is 0 Å². The normalized spacial score (nSPS) is 19.2. The Morgan fingerprint density at radius 2 is 1.80 bits per heavy atom. The van der Waals surface area contributed by atoms with Gasteiger partial charge in [-0.2, -0.15) is 0 Å². The van der Waals surface area contributed by atoms with Gasteiger partial charge in [0.25, 0.3) is 6.47 Å². The Morgan fingerprint density at radius 1 is 1.20 bits per heavy atom. The molecule has 0 aromatic carbocycles. The SMILES string of the molecule is O=COC1CCCCC1.[BiH3]. The third-order valence-corrected chi connectivity index (χ3v) is 1.80. The zero-order valence-electron chi connectivity index (χ0n) is 6.21. The van der Waals surface area contributed by atoms with Crippen LogP contribution >= 0.6 is 0 Å². The van der Waals surface area contributed by atoms with Gasteiger partial charge in [-0.3, -0.25) is 4.79 Å². The first kappa shape index (κ1) is 10.4. The quantitative estimate of drug-likeness (QED) is 0.534. The monoisotopic (exact) mass is 340 g/mol. The standard InChI is InChI=1S/C7H12O2.Bi.3H/c8-6-9-7-4-2-1-3-5-7;;;;/h6-7H,1-5H2;;;;. The Balaban J connectivity index is 0.000000810. The first-order valence-electron chi connectivity index (χ1n) is 3.52. The third kappa shape index (κ3) is 3.50. The molecule has 2 nitrogen and oxygen atoms in total. The van der Waals surface area contributed by atoms with Gasteiger partial charge in [0.1, 0.15) is 6.10 Å². The van der Waals surface area contributed by atoms with Crippen molar-refractivity contribution in [3.05, 3.63) is 0 Å². The summed E-state index contributed by atoms with van der Waals surface area (Å²) in [6.45, 7) is 0.565. The van der Waals surface area contributed by atoms with Gasteiger partial charge >= 0.3 is 26.2 Å². The number of rotatable bonds is 2. The van der Waals surface area contributed by atoms with Crippen LogP contribution in [0.1, 0.15) is 32.1 Å². The van der Waals surface area contributed by atoms with Gasteiger partial charge in [0, 0.05) is 0 Å². The Bertz CT molecular complexity index is 89.6. The van der Waals surface area contributed by atoms with Crippen molar-refractivity contribution in [3.8, 4) is 0 Å². The van der Waals surface area contributed by atoms with E-state index < -0.39 is 0 Å². The summed E-state index contributed by atoms with van der Waals surface area (Å²) in [5, 5.41) is 0. The van der Waals surface area contributed by atoms with Crippen LogP contribution in [0.15, 0.2) is 0 Å². The Kier molecular flexibility index (Phi) is 6.30. The fourth-order valence-electron chi connectivity index (χ4n) is 1.28. The van der Waals surface area contributed by atoms with E-state index in [0.717, 1.165) is 12.8 Å². The number of ether oxygens (including phenoxy) is 1. The number of hydrogen-bond donors (Lipinski definition) is 0. The molecule has 1 rings (SSSR count). The number of carbonyl (C=O) groups excluding carboxylic acids is 1. The van der Waals surface area contributed by atoms with Gasteiger partial charge in [-0.05, 0) is 25.7 Å². The van der Waals surface area contributed by atoms with Crippen LogP contribution in [-0.4, -0.2) is 38.8 Å². The molecule has 1 fully saturated rings. The van der Waals surface area contributed by atoms with Crippen molar-refractivity contribution in [2.45, 2.75) is 38.2 Å². The van der Waals surface area contributed by atoms with Crippen LogP contribution < -0.4 is 0 Å². The average molecular weight is 340 g/mol. The van der Waals surface area contributed by atoms with Gasteiger partial charge in [0.15, 0.2) is 0 Å². The molecular formula is C7H15BiO2. The molecule has 0 spiro atoms. The molecule has 3 heteroatoms. The topological polar surface area (TPSA) is 26.3 Å². The summed E-state index contributed by atoms with van der Waals surface area (Å²) in [4.78, 5) is 9.85. The fraction of sp³-hybridized carbons (Fsp3) is 0.857. The molecule has 0 bridgehead atoms. The van der Waals surface area contributed by atoms with Gasteiger partial charge in [0.05, 0.1) is 0 Å². The number of carbonyl (C=O) groups is 1. The summed E-state index contributed by atoms with van der Waals surface area (Å²) in [7, 11) is 0. The Morgan fingerprint density at radius 3 is 2.30 bits per heavy atom. The maximum atomic E-state index is 9.85. The van der Waals surface area contributed by atoms with Crippen LogP contribution in [-0.2, 0) is 9.53 Å². The summed E-state index contributed by atoms with van der Waals surface area (Å²) in [5.41, 5.74) is 0. The van der Waals surface area contributed by atoms with Gasteiger partial charge < -0.3 is 4.74 Å². The van der Waals surface area contributed by atoms with E-state index in [2.05, 4.69) is 0 Å². The molecule has 1 aliphatic rings. The molecule has 0 unspecified atom stereocenters. The minimum absolute atomic E-state index is 0. The summed E-state index contributed by atoms with van der Waals surface area (Å²) >= 11 is 0. The van der Waals surface area contributed by atoms with E-state index in [0.29, 0.717) is 6.47 Å². The molecule has 0 heterocycles. The predicted molar refractivity (Wildman–Crippen MR) is 44.0 cm³/mol. The van der Waals surface area contributed by atoms with Gasteiger partial charge in [-0.1, -0.05) is 6.42 Å². The molecule has 0 aromatic heterocycles. The van der Waals surface area contributed by atoms with Crippen molar-refractivity contribution in [2.75, 3.05) is 0 Å². The molecule has 0 aliphatic heterocycles. The molecular weight excluding hydrogens is 325 g/mol. The van der Waals surface area contributed by atoms with E-state index in [1.807, 2.05) is 0 Å². The van der Waals surface area contributed by atoms with Crippen LogP contribution in [0.25, 0.3) is 0 Å². The van der Waals surface area contributed by atoms with Crippen molar-refractivity contribution in [3.63, 3.8) is 0 Å². The first-order valence-corrected chi connectivity index (χ1v) is 3.52. The second-order valence-corrected chi connectivity index (χ2v) is 2.49. The second-order valence-electron chi connectivity index (χ2n) is 2.49. The molecule has 0 N–H and O–H groups in total.